The van der Waals surface area contributed by atoms with E-state index in [9.17, 15) is 8.78 Å². The van der Waals surface area contributed by atoms with Crippen LogP contribution in [0, 0.1) is 0 Å². The normalized spacial score (nSPS) is 31.6. The molecule has 0 spiro atoms. The molecule has 0 radical (unpaired) electrons. The van der Waals surface area contributed by atoms with E-state index >= 15 is 0 Å². The molecular weight excluding hydrogens is 174 g/mol. The molecule has 0 saturated carbocycles. The van der Waals surface area contributed by atoms with Gasteiger partial charge in [-0.15, -0.1) is 11.6 Å². The molecule has 11 heavy (non-hydrogen) atoms. The Morgan fingerprint density at radius 1 is 1.55 bits per heavy atom. The van der Waals surface area contributed by atoms with Crippen molar-refractivity contribution < 1.29 is 13.5 Å². The number of halogens is 3. The maximum atomic E-state index is 12.0. The van der Waals surface area contributed by atoms with Crippen LogP contribution < -0.4 is 0 Å². The standard InChI is InChI=1S/C7H11ClF2O/c8-5-7(4-6(9)10)2-1-3-11-7/h6H,1-5H2. The molecule has 0 aromatic rings. The van der Waals surface area contributed by atoms with Gasteiger partial charge in [0.2, 0.25) is 6.43 Å². The number of ether oxygens (including phenoxy) is 1. The zero-order chi connectivity index (χ0) is 8.32. The highest BCUT2D eigenvalue weighted by Crippen LogP contribution is 2.32. The van der Waals surface area contributed by atoms with Crippen molar-refractivity contribution in [2.45, 2.75) is 31.3 Å². The molecule has 1 fully saturated rings. The Bertz CT molecular complexity index is 124. The average molecular weight is 185 g/mol. The zero-order valence-electron chi connectivity index (χ0n) is 6.16. The minimum Gasteiger partial charge on any atom is -0.374 e. The average Bonchev–Trinajstić information content (AvgIpc) is 2.36. The molecule has 1 heterocycles. The molecule has 0 aromatic carbocycles. The van der Waals surface area contributed by atoms with Crippen molar-refractivity contribution in [3.8, 4) is 0 Å². The Morgan fingerprint density at radius 3 is 2.64 bits per heavy atom. The second-order valence-electron chi connectivity index (χ2n) is 2.86. The van der Waals surface area contributed by atoms with Crippen LogP contribution in [0.15, 0.2) is 0 Å². The van der Waals surface area contributed by atoms with E-state index in [0.29, 0.717) is 13.0 Å². The summed E-state index contributed by atoms with van der Waals surface area (Å²) in [6, 6.07) is 0. The van der Waals surface area contributed by atoms with Crippen molar-refractivity contribution >= 4 is 11.6 Å². The van der Waals surface area contributed by atoms with Crippen molar-refractivity contribution in [2.75, 3.05) is 12.5 Å². The Hall–Kier alpha value is 0.110. The van der Waals surface area contributed by atoms with E-state index in [0.717, 1.165) is 6.42 Å². The maximum Gasteiger partial charge on any atom is 0.241 e. The van der Waals surface area contributed by atoms with Gasteiger partial charge in [-0.25, -0.2) is 8.78 Å². The molecule has 0 N–H and O–H groups in total. The van der Waals surface area contributed by atoms with Crippen molar-refractivity contribution in [3.63, 3.8) is 0 Å². The molecule has 1 nitrogen and oxygen atoms in total. The number of hydrogen-bond donors (Lipinski definition) is 0. The van der Waals surface area contributed by atoms with Crippen molar-refractivity contribution in [3.05, 3.63) is 0 Å². The van der Waals surface area contributed by atoms with Crippen LogP contribution in [0.25, 0.3) is 0 Å². The number of rotatable bonds is 3. The lowest BCUT2D eigenvalue weighted by atomic mass is 9.99. The van der Waals surface area contributed by atoms with E-state index in [1.165, 1.54) is 0 Å². The lowest BCUT2D eigenvalue weighted by Crippen LogP contribution is -2.32. The van der Waals surface area contributed by atoms with Gasteiger partial charge < -0.3 is 4.74 Å². The fraction of sp³-hybridized carbons (Fsp3) is 1.00. The van der Waals surface area contributed by atoms with Gasteiger partial charge in [-0.05, 0) is 12.8 Å². The Morgan fingerprint density at radius 2 is 2.27 bits per heavy atom. The molecule has 1 unspecified atom stereocenters. The van der Waals surface area contributed by atoms with E-state index in [1.54, 1.807) is 0 Å². The van der Waals surface area contributed by atoms with Crippen LogP contribution in [-0.4, -0.2) is 24.5 Å². The summed E-state index contributed by atoms with van der Waals surface area (Å²) >= 11 is 5.55. The topological polar surface area (TPSA) is 9.23 Å². The molecule has 1 rings (SSSR count). The second-order valence-corrected chi connectivity index (χ2v) is 3.13. The third-order valence-electron chi connectivity index (χ3n) is 1.95. The minimum absolute atomic E-state index is 0.178. The van der Waals surface area contributed by atoms with Gasteiger partial charge >= 0.3 is 0 Å². The number of alkyl halides is 3. The van der Waals surface area contributed by atoms with Gasteiger partial charge in [0.25, 0.3) is 0 Å². The van der Waals surface area contributed by atoms with Crippen LogP contribution in [0.3, 0.4) is 0 Å². The molecule has 1 atom stereocenters. The summed E-state index contributed by atoms with van der Waals surface area (Å²) in [5.41, 5.74) is -0.726. The molecule has 4 heteroatoms. The molecule has 1 aliphatic heterocycles. The van der Waals surface area contributed by atoms with Crippen LogP contribution in [-0.2, 0) is 4.74 Å². The van der Waals surface area contributed by atoms with Crippen molar-refractivity contribution in [1.82, 2.24) is 0 Å². The molecule has 66 valence electrons. The second kappa shape index (κ2) is 3.68. The van der Waals surface area contributed by atoms with E-state index in [-0.39, 0.29) is 12.3 Å². The van der Waals surface area contributed by atoms with Crippen LogP contribution in [0.2, 0.25) is 0 Å². The molecule has 0 amide bonds. The molecule has 1 aliphatic rings. The van der Waals surface area contributed by atoms with Gasteiger partial charge in [-0.3, -0.25) is 0 Å². The molecular formula is C7H11ClF2O. The van der Waals surface area contributed by atoms with E-state index < -0.39 is 12.0 Å². The van der Waals surface area contributed by atoms with E-state index in [1.807, 2.05) is 0 Å². The third kappa shape index (κ3) is 2.27. The van der Waals surface area contributed by atoms with Gasteiger partial charge in [0.15, 0.2) is 0 Å². The molecule has 1 saturated heterocycles. The predicted octanol–water partition coefficient (Wildman–Crippen LogP) is 2.43. The molecule has 0 aliphatic carbocycles. The van der Waals surface area contributed by atoms with Crippen LogP contribution in [0.5, 0.6) is 0 Å². The van der Waals surface area contributed by atoms with E-state index in [4.69, 9.17) is 16.3 Å². The SMILES string of the molecule is FC(F)CC1(CCl)CCCO1. The summed E-state index contributed by atoms with van der Waals surface area (Å²) in [6.45, 7) is 0.569. The summed E-state index contributed by atoms with van der Waals surface area (Å²) < 4.78 is 29.1. The Labute approximate surface area is 69.7 Å². The van der Waals surface area contributed by atoms with Gasteiger partial charge in [0, 0.05) is 13.0 Å². The summed E-state index contributed by atoms with van der Waals surface area (Å²) in [4.78, 5) is 0. The summed E-state index contributed by atoms with van der Waals surface area (Å²) in [7, 11) is 0. The summed E-state index contributed by atoms with van der Waals surface area (Å²) in [5, 5.41) is 0. The van der Waals surface area contributed by atoms with Gasteiger partial charge in [-0.2, -0.15) is 0 Å². The Kier molecular flexibility index (Phi) is 3.07. The van der Waals surface area contributed by atoms with Crippen molar-refractivity contribution in [1.29, 1.82) is 0 Å². The van der Waals surface area contributed by atoms with Gasteiger partial charge in [0.1, 0.15) is 0 Å². The van der Waals surface area contributed by atoms with Crippen LogP contribution in [0.4, 0.5) is 8.78 Å². The summed E-state index contributed by atoms with van der Waals surface area (Å²) in [5.74, 6) is 0.178. The zero-order valence-corrected chi connectivity index (χ0v) is 6.91. The highest BCUT2D eigenvalue weighted by Gasteiger charge is 2.36. The first-order chi connectivity index (χ1) is 5.18. The lowest BCUT2D eigenvalue weighted by molar-refractivity contribution is -0.0274. The lowest BCUT2D eigenvalue weighted by Gasteiger charge is -2.24. The van der Waals surface area contributed by atoms with E-state index in [2.05, 4.69) is 0 Å². The number of hydrogen-bond acceptors (Lipinski definition) is 1. The minimum atomic E-state index is -2.31. The quantitative estimate of drug-likeness (QED) is 0.613. The monoisotopic (exact) mass is 184 g/mol. The smallest absolute Gasteiger partial charge is 0.241 e. The first-order valence-corrected chi connectivity index (χ1v) is 4.20. The van der Waals surface area contributed by atoms with Gasteiger partial charge in [-0.1, -0.05) is 0 Å². The van der Waals surface area contributed by atoms with Gasteiger partial charge in [0.05, 0.1) is 11.5 Å². The summed E-state index contributed by atoms with van der Waals surface area (Å²) in [6.07, 6.45) is -1.02. The molecule has 0 aromatic heterocycles. The van der Waals surface area contributed by atoms with Crippen LogP contribution in [0.1, 0.15) is 19.3 Å². The Balaban J connectivity index is 2.45. The fourth-order valence-corrected chi connectivity index (χ4v) is 1.68. The van der Waals surface area contributed by atoms with Crippen molar-refractivity contribution in [2.24, 2.45) is 0 Å². The first kappa shape index (κ1) is 9.20. The third-order valence-corrected chi connectivity index (χ3v) is 2.44. The maximum absolute atomic E-state index is 12.0. The predicted molar refractivity (Wildman–Crippen MR) is 39.3 cm³/mol. The first-order valence-electron chi connectivity index (χ1n) is 3.67. The highest BCUT2D eigenvalue weighted by molar-refractivity contribution is 6.18. The van der Waals surface area contributed by atoms with Crippen LogP contribution >= 0.6 is 11.6 Å². The molecule has 0 bridgehead atoms. The largest absolute Gasteiger partial charge is 0.374 e. The highest BCUT2D eigenvalue weighted by atomic mass is 35.5. The fourth-order valence-electron chi connectivity index (χ4n) is 1.36.